The third kappa shape index (κ3) is 4.61. The average Bonchev–Trinajstić information content (AvgIpc) is 2.16. The number of aryl methyl sites for hydroxylation is 1. The Hall–Kier alpha value is -1.35. The summed E-state index contributed by atoms with van der Waals surface area (Å²) in [7, 11) is 0. The van der Waals surface area contributed by atoms with Crippen molar-refractivity contribution in [3.63, 3.8) is 0 Å². The number of benzene rings is 1. The van der Waals surface area contributed by atoms with Crippen molar-refractivity contribution in [2.45, 2.75) is 19.3 Å². The average molecular weight is 226 g/mol. The molecule has 4 heteroatoms. The van der Waals surface area contributed by atoms with Crippen molar-refractivity contribution in [1.82, 2.24) is 0 Å². The molecule has 0 unspecified atom stereocenters. The van der Waals surface area contributed by atoms with Crippen molar-refractivity contribution >= 4 is 23.3 Å². The Labute approximate surface area is 93.2 Å². The first-order valence-corrected chi connectivity index (χ1v) is 5.00. The molecule has 3 nitrogen and oxygen atoms in total. The summed E-state index contributed by atoms with van der Waals surface area (Å²) in [6, 6.07) is 7.27. The van der Waals surface area contributed by atoms with Crippen molar-refractivity contribution in [2.24, 2.45) is 5.73 Å². The zero-order chi connectivity index (χ0) is 11.3. The monoisotopic (exact) mass is 225 g/mol. The maximum absolute atomic E-state index is 11.2. The highest BCUT2D eigenvalue weighted by Crippen LogP contribution is 2.11. The highest BCUT2D eigenvalue weighted by Gasteiger charge is 2.06. The molecule has 2 N–H and O–H groups in total. The van der Waals surface area contributed by atoms with Gasteiger partial charge in [0.25, 0.3) is 0 Å². The molecule has 0 atom stereocenters. The normalized spacial score (nSPS) is 9.93. The number of halogens is 1. The number of rotatable bonds is 5. The summed E-state index contributed by atoms with van der Waals surface area (Å²) in [5.41, 5.74) is 5.93. The van der Waals surface area contributed by atoms with Crippen LogP contribution in [0.2, 0.25) is 5.02 Å². The van der Waals surface area contributed by atoms with Gasteiger partial charge in [0.1, 0.15) is 5.78 Å². The molecule has 0 radical (unpaired) electrons. The first-order valence-electron chi connectivity index (χ1n) is 4.62. The van der Waals surface area contributed by atoms with Gasteiger partial charge in [-0.3, -0.25) is 9.59 Å². The van der Waals surface area contributed by atoms with E-state index < -0.39 is 5.91 Å². The maximum Gasteiger partial charge on any atom is 0.224 e. The zero-order valence-corrected chi connectivity index (χ0v) is 8.96. The fraction of sp³-hybridized carbons (Fsp3) is 0.273. The number of primary amides is 1. The molecule has 1 rings (SSSR count). The standard InChI is InChI=1S/C11H12ClNO2/c12-9-4-1-8(2-5-9)3-6-10(14)7-11(13)15/h1-2,4-5H,3,6-7H2,(H2,13,15). The van der Waals surface area contributed by atoms with E-state index in [4.69, 9.17) is 17.3 Å². The lowest BCUT2D eigenvalue weighted by Gasteiger charge is -2.00. The highest BCUT2D eigenvalue weighted by molar-refractivity contribution is 6.30. The van der Waals surface area contributed by atoms with Crippen molar-refractivity contribution in [1.29, 1.82) is 0 Å². The van der Waals surface area contributed by atoms with E-state index in [-0.39, 0.29) is 12.2 Å². The molecule has 0 bridgehead atoms. The van der Waals surface area contributed by atoms with E-state index in [1.165, 1.54) is 0 Å². The Morgan fingerprint density at radius 3 is 2.33 bits per heavy atom. The van der Waals surface area contributed by atoms with Gasteiger partial charge in [0.2, 0.25) is 5.91 Å². The predicted molar refractivity (Wildman–Crippen MR) is 58.6 cm³/mol. The van der Waals surface area contributed by atoms with E-state index in [0.29, 0.717) is 17.9 Å². The smallest absolute Gasteiger partial charge is 0.224 e. The Morgan fingerprint density at radius 2 is 1.80 bits per heavy atom. The minimum atomic E-state index is -0.573. The number of ketones is 1. The molecule has 0 saturated carbocycles. The first-order chi connectivity index (χ1) is 7.08. The molecule has 0 aliphatic heterocycles. The molecule has 0 heterocycles. The summed E-state index contributed by atoms with van der Waals surface area (Å²) in [6.45, 7) is 0. The van der Waals surface area contributed by atoms with E-state index in [0.717, 1.165) is 5.56 Å². The molecule has 0 aromatic heterocycles. The second kappa shape index (κ2) is 5.51. The topological polar surface area (TPSA) is 60.2 Å². The number of Topliss-reactive ketones (excluding diaryl/α,β-unsaturated/α-hetero) is 1. The SMILES string of the molecule is NC(=O)CC(=O)CCc1ccc(Cl)cc1. The number of amides is 1. The minimum absolute atomic E-state index is 0.127. The summed E-state index contributed by atoms with van der Waals surface area (Å²) in [6.07, 6.45) is 0.779. The van der Waals surface area contributed by atoms with Gasteiger partial charge in [-0.15, -0.1) is 0 Å². The van der Waals surface area contributed by atoms with Gasteiger partial charge in [-0.05, 0) is 24.1 Å². The van der Waals surface area contributed by atoms with Gasteiger partial charge < -0.3 is 5.73 Å². The lowest BCUT2D eigenvalue weighted by Crippen LogP contribution is -2.16. The van der Waals surface area contributed by atoms with Gasteiger partial charge in [-0.1, -0.05) is 23.7 Å². The largest absolute Gasteiger partial charge is 0.369 e. The molecule has 1 aromatic carbocycles. The van der Waals surface area contributed by atoms with E-state index in [2.05, 4.69) is 0 Å². The van der Waals surface area contributed by atoms with Gasteiger partial charge in [-0.2, -0.15) is 0 Å². The Morgan fingerprint density at radius 1 is 1.20 bits per heavy atom. The third-order valence-corrected chi connectivity index (χ3v) is 2.23. The van der Waals surface area contributed by atoms with Crippen molar-refractivity contribution in [3.05, 3.63) is 34.9 Å². The second-order valence-electron chi connectivity index (χ2n) is 3.31. The molecule has 1 aromatic rings. The molecule has 1 amide bonds. The molecule has 0 aliphatic rings. The van der Waals surface area contributed by atoms with Crippen molar-refractivity contribution in [3.8, 4) is 0 Å². The van der Waals surface area contributed by atoms with Gasteiger partial charge in [-0.25, -0.2) is 0 Å². The lowest BCUT2D eigenvalue weighted by molar-refractivity contribution is -0.126. The van der Waals surface area contributed by atoms with Crippen LogP contribution < -0.4 is 5.73 Å². The molecule has 15 heavy (non-hydrogen) atoms. The van der Waals surface area contributed by atoms with Crippen LogP contribution in [0.25, 0.3) is 0 Å². The third-order valence-electron chi connectivity index (χ3n) is 1.98. The van der Waals surface area contributed by atoms with Crippen LogP contribution in [0.3, 0.4) is 0 Å². The fourth-order valence-electron chi connectivity index (χ4n) is 1.22. The van der Waals surface area contributed by atoms with Crippen LogP contribution in [0.15, 0.2) is 24.3 Å². The second-order valence-corrected chi connectivity index (χ2v) is 3.74. The maximum atomic E-state index is 11.2. The minimum Gasteiger partial charge on any atom is -0.369 e. The lowest BCUT2D eigenvalue weighted by atomic mass is 10.1. The number of carbonyl (C=O) groups is 2. The van der Waals surface area contributed by atoms with Crippen LogP contribution in [0, 0.1) is 0 Å². The van der Waals surface area contributed by atoms with Crippen LogP contribution in [0.1, 0.15) is 18.4 Å². The molecule has 0 spiro atoms. The van der Waals surface area contributed by atoms with E-state index in [9.17, 15) is 9.59 Å². The van der Waals surface area contributed by atoms with Gasteiger partial charge in [0.15, 0.2) is 0 Å². The van der Waals surface area contributed by atoms with Gasteiger partial charge in [0, 0.05) is 11.4 Å². The Balaban J connectivity index is 2.40. The number of hydrogen-bond acceptors (Lipinski definition) is 2. The van der Waals surface area contributed by atoms with E-state index >= 15 is 0 Å². The first kappa shape index (κ1) is 11.7. The van der Waals surface area contributed by atoms with Gasteiger partial charge >= 0.3 is 0 Å². The number of carbonyl (C=O) groups excluding carboxylic acids is 2. The summed E-state index contributed by atoms with van der Waals surface area (Å²) in [5, 5.41) is 0.669. The molecule has 80 valence electrons. The summed E-state index contributed by atoms with van der Waals surface area (Å²) in [5.74, 6) is -0.700. The molecule has 0 aliphatic carbocycles. The Bertz CT molecular complexity index is 359. The van der Waals surface area contributed by atoms with Crippen LogP contribution in [-0.4, -0.2) is 11.7 Å². The summed E-state index contributed by atoms with van der Waals surface area (Å²) < 4.78 is 0. The van der Waals surface area contributed by atoms with Crippen molar-refractivity contribution < 1.29 is 9.59 Å². The number of hydrogen-bond donors (Lipinski definition) is 1. The molecular weight excluding hydrogens is 214 g/mol. The summed E-state index contributed by atoms with van der Waals surface area (Å²) >= 11 is 5.72. The van der Waals surface area contributed by atoms with E-state index in [1.807, 2.05) is 12.1 Å². The molecule has 0 fully saturated rings. The fourth-order valence-corrected chi connectivity index (χ4v) is 1.34. The quantitative estimate of drug-likeness (QED) is 0.776. The summed E-state index contributed by atoms with van der Waals surface area (Å²) in [4.78, 5) is 21.6. The van der Waals surface area contributed by atoms with Crippen molar-refractivity contribution in [2.75, 3.05) is 0 Å². The van der Waals surface area contributed by atoms with E-state index in [1.54, 1.807) is 12.1 Å². The van der Waals surface area contributed by atoms with Crippen LogP contribution >= 0.6 is 11.6 Å². The highest BCUT2D eigenvalue weighted by atomic mass is 35.5. The molecule has 0 saturated heterocycles. The number of nitrogens with two attached hydrogens (primary N) is 1. The molecular formula is C11H12ClNO2. The van der Waals surface area contributed by atoms with Crippen LogP contribution in [-0.2, 0) is 16.0 Å². The zero-order valence-electron chi connectivity index (χ0n) is 8.20. The van der Waals surface area contributed by atoms with Crippen LogP contribution in [0.4, 0.5) is 0 Å². The predicted octanol–water partition coefficient (Wildman–Crippen LogP) is 1.72. The Kier molecular flexibility index (Phi) is 4.31. The van der Waals surface area contributed by atoms with Gasteiger partial charge in [0.05, 0.1) is 6.42 Å². The van der Waals surface area contributed by atoms with Crippen LogP contribution in [0.5, 0.6) is 0 Å².